The third-order valence-corrected chi connectivity index (χ3v) is 2.12. The summed E-state index contributed by atoms with van der Waals surface area (Å²) in [5, 5.41) is 0.455. The quantitative estimate of drug-likeness (QED) is 0.637. The molecule has 0 fully saturated rings. The van der Waals surface area contributed by atoms with E-state index in [0.717, 1.165) is 0 Å². The predicted molar refractivity (Wildman–Crippen MR) is 58.8 cm³/mol. The molecule has 72 valence electrons. The second kappa shape index (κ2) is 3.43. The molecule has 15 heavy (non-hydrogen) atoms. The van der Waals surface area contributed by atoms with Gasteiger partial charge in [-0.05, 0) is 12.1 Å². The third kappa shape index (κ3) is 1.53. The Balaban J connectivity index is 3.12. The van der Waals surface area contributed by atoms with E-state index < -0.39 is 5.56 Å². The van der Waals surface area contributed by atoms with E-state index in [1.807, 2.05) is 0 Å². The zero-order chi connectivity index (χ0) is 10.8. The molecule has 0 unspecified atom stereocenters. The molecule has 0 bridgehead atoms. The molecule has 0 amide bonds. The Morgan fingerprint density at radius 3 is 2.67 bits per heavy atom. The number of hydrogen-bond acceptors (Lipinski definition) is 2. The predicted octanol–water partition coefficient (Wildman–Crippen LogP) is 0.870. The first-order chi connectivity index (χ1) is 7.22. The van der Waals surface area contributed by atoms with Gasteiger partial charge >= 0.3 is 0 Å². The molecule has 0 aliphatic carbocycles. The lowest BCUT2D eigenvalue weighted by Crippen LogP contribution is -2.06. The Bertz CT molecular complexity index is 677. The number of aromatic nitrogens is 1. The van der Waals surface area contributed by atoms with Crippen LogP contribution in [-0.4, -0.2) is 4.98 Å². The number of benzene rings is 1. The van der Waals surface area contributed by atoms with Crippen molar-refractivity contribution in [1.82, 2.24) is 4.98 Å². The molecule has 0 atom stereocenters. The molecule has 2 aromatic rings. The number of aromatic amines is 1. The summed E-state index contributed by atoms with van der Waals surface area (Å²) in [5.74, 6) is 2.19. The molecule has 0 aliphatic rings. The Kier molecular flexibility index (Phi) is 2.11. The summed E-state index contributed by atoms with van der Waals surface area (Å²) in [4.78, 5) is 25.7. The Morgan fingerprint density at radius 2 is 1.93 bits per heavy atom. The number of hydrogen-bond donors (Lipinski definition) is 1. The van der Waals surface area contributed by atoms with Crippen molar-refractivity contribution in [3.63, 3.8) is 0 Å². The summed E-state index contributed by atoms with van der Waals surface area (Å²) in [6.45, 7) is 0. The van der Waals surface area contributed by atoms with Crippen LogP contribution in [0.25, 0.3) is 10.9 Å². The number of fused-ring (bicyclic) bond motifs is 1. The minimum Gasteiger partial charge on any atom is -0.321 e. The molecule has 3 heteroatoms. The van der Waals surface area contributed by atoms with Gasteiger partial charge < -0.3 is 4.98 Å². The molecule has 3 nitrogen and oxygen atoms in total. The smallest absolute Gasteiger partial charge is 0.264 e. The standard InChI is InChI=1S/C12H7NO2/c1-2-8-7-11(14)9-5-3-4-6-10(9)13-12(8)15/h1,3-7H,(H,13,15). The highest BCUT2D eigenvalue weighted by Crippen LogP contribution is 2.02. The number of rotatable bonds is 0. The van der Waals surface area contributed by atoms with Crippen molar-refractivity contribution in [3.8, 4) is 12.3 Å². The van der Waals surface area contributed by atoms with E-state index in [9.17, 15) is 9.59 Å². The van der Waals surface area contributed by atoms with Crippen LogP contribution in [-0.2, 0) is 0 Å². The monoisotopic (exact) mass is 197 g/mol. The van der Waals surface area contributed by atoms with Gasteiger partial charge in [-0.15, -0.1) is 6.42 Å². The van der Waals surface area contributed by atoms with Gasteiger partial charge in [0.25, 0.3) is 5.56 Å². The van der Waals surface area contributed by atoms with Crippen molar-refractivity contribution in [3.05, 3.63) is 56.5 Å². The van der Waals surface area contributed by atoms with Crippen LogP contribution in [0.5, 0.6) is 0 Å². The highest BCUT2D eigenvalue weighted by molar-refractivity contribution is 5.77. The number of para-hydroxylation sites is 1. The lowest BCUT2D eigenvalue weighted by atomic mass is 10.2. The maximum absolute atomic E-state index is 11.7. The van der Waals surface area contributed by atoms with Crippen LogP contribution >= 0.6 is 0 Å². The first-order valence-corrected chi connectivity index (χ1v) is 4.35. The highest BCUT2D eigenvalue weighted by Gasteiger charge is 2.00. The molecular weight excluding hydrogens is 190 g/mol. The van der Waals surface area contributed by atoms with E-state index in [-0.39, 0.29) is 11.0 Å². The van der Waals surface area contributed by atoms with E-state index >= 15 is 0 Å². The van der Waals surface area contributed by atoms with Crippen molar-refractivity contribution in [2.45, 2.75) is 0 Å². The largest absolute Gasteiger partial charge is 0.321 e. The van der Waals surface area contributed by atoms with Crippen LogP contribution in [0.2, 0.25) is 0 Å². The Morgan fingerprint density at radius 1 is 1.20 bits per heavy atom. The first-order valence-electron chi connectivity index (χ1n) is 4.35. The van der Waals surface area contributed by atoms with Crippen molar-refractivity contribution < 1.29 is 0 Å². The maximum Gasteiger partial charge on any atom is 0.264 e. The third-order valence-electron chi connectivity index (χ3n) is 2.12. The second-order valence-electron chi connectivity index (χ2n) is 3.07. The average Bonchev–Trinajstić information content (AvgIpc) is 2.37. The van der Waals surface area contributed by atoms with Gasteiger partial charge in [-0.2, -0.15) is 0 Å². The molecule has 2 rings (SSSR count). The summed E-state index contributed by atoms with van der Waals surface area (Å²) in [6.07, 6.45) is 5.13. The molecule has 0 saturated heterocycles. The molecule has 1 heterocycles. The average molecular weight is 197 g/mol. The summed E-state index contributed by atoms with van der Waals surface area (Å²) in [7, 11) is 0. The minimum atomic E-state index is -0.421. The summed E-state index contributed by atoms with van der Waals surface area (Å²) >= 11 is 0. The van der Waals surface area contributed by atoms with Crippen molar-refractivity contribution in [2.75, 3.05) is 0 Å². The lowest BCUT2D eigenvalue weighted by Gasteiger charge is -1.87. The van der Waals surface area contributed by atoms with Crippen molar-refractivity contribution in [1.29, 1.82) is 0 Å². The van der Waals surface area contributed by atoms with Gasteiger partial charge in [-0.25, -0.2) is 0 Å². The molecule has 0 spiro atoms. The zero-order valence-electron chi connectivity index (χ0n) is 7.78. The van der Waals surface area contributed by atoms with Gasteiger partial charge in [-0.3, -0.25) is 9.59 Å². The topological polar surface area (TPSA) is 49.9 Å². The maximum atomic E-state index is 11.7. The fourth-order valence-electron chi connectivity index (χ4n) is 1.38. The Hall–Kier alpha value is -2.34. The Labute approximate surface area is 85.4 Å². The second-order valence-corrected chi connectivity index (χ2v) is 3.07. The van der Waals surface area contributed by atoms with Crippen LogP contribution in [0, 0.1) is 12.3 Å². The van der Waals surface area contributed by atoms with E-state index in [1.165, 1.54) is 6.07 Å². The molecule has 0 aliphatic heterocycles. The van der Waals surface area contributed by atoms with E-state index in [1.54, 1.807) is 24.3 Å². The fourth-order valence-corrected chi connectivity index (χ4v) is 1.38. The number of H-pyrrole nitrogens is 1. The van der Waals surface area contributed by atoms with Gasteiger partial charge in [0.15, 0.2) is 5.43 Å². The number of terminal acetylenes is 1. The van der Waals surface area contributed by atoms with Gasteiger partial charge in [0.2, 0.25) is 0 Å². The van der Waals surface area contributed by atoms with Crippen molar-refractivity contribution >= 4 is 10.9 Å². The molecule has 1 aromatic heterocycles. The van der Waals surface area contributed by atoms with Crippen LogP contribution in [0.15, 0.2) is 39.9 Å². The van der Waals surface area contributed by atoms with Crippen LogP contribution in [0.4, 0.5) is 0 Å². The summed E-state index contributed by atoms with van der Waals surface area (Å²) in [5.41, 5.74) is -0.127. The van der Waals surface area contributed by atoms with Crippen molar-refractivity contribution in [2.24, 2.45) is 0 Å². The van der Waals surface area contributed by atoms with Crippen LogP contribution < -0.4 is 11.0 Å². The van der Waals surface area contributed by atoms with E-state index in [2.05, 4.69) is 10.9 Å². The van der Waals surface area contributed by atoms with E-state index in [4.69, 9.17) is 6.42 Å². The molecule has 0 radical (unpaired) electrons. The molecular formula is C12H7NO2. The van der Waals surface area contributed by atoms with Gasteiger partial charge in [0, 0.05) is 11.5 Å². The summed E-state index contributed by atoms with van der Waals surface area (Å²) < 4.78 is 0. The zero-order valence-corrected chi connectivity index (χ0v) is 7.78. The van der Waals surface area contributed by atoms with Gasteiger partial charge in [0.05, 0.1) is 11.1 Å². The summed E-state index contributed by atoms with van der Waals surface area (Å²) in [6, 6.07) is 7.97. The molecule has 0 saturated carbocycles. The van der Waals surface area contributed by atoms with Gasteiger partial charge in [-0.1, -0.05) is 18.1 Å². The molecule has 1 aromatic carbocycles. The lowest BCUT2D eigenvalue weighted by molar-refractivity contribution is 1.31. The minimum absolute atomic E-state index is 0.0520. The highest BCUT2D eigenvalue weighted by atomic mass is 16.1. The number of nitrogens with one attached hydrogen (secondary N) is 1. The fraction of sp³-hybridized carbons (Fsp3) is 0. The van der Waals surface area contributed by atoms with E-state index in [0.29, 0.717) is 10.9 Å². The van der Waals surface area contributed by atoms with Gasteiger partial charge in [0.1, 0.15) is 0 Å². The normalized spacial score (nSPS) is 9.80. The molecule has 1 N–H and O–H groups in total. The van der Waals surface area contributed by atoms with Crippen LogP contribution in [0.1, 0.15) is 5.56 Å². The SMILES string of the molecule is C#Cc1cc(=O)c2ccccc2[nH]c1=O. The van der Waals surface area contributed by atoms with Crippen LogP contribution in [0.3, 0.4) is 0 Å². The first kappa shape index (κ1) is 9.22.